The van der Waals surface area contributed by atoms with Crippen LogP contribution >= 0.6 is 0 Å². The van der Waals surface area contributed by atoms with Crippen LogP contribution < -0.4 is 0 Å². The maximum atomic E-state index is 3.93. The van der Waals surface area contributed by atoms with Crippen LogP contribution in [0, 0.1) is 0 Å². The van der Waals surface area contributed by atoms with E-state index in [1.807, 2.05) is 6.34 Å². The molecule has 0 amide bonds. The van der Waals surface area contributed by atoms with Crippen molar-refractivity contribution in [3.63, 3.8) is 0 Å². The van der Waals surface area contributed by atoms with Crippen molar-refractivity contribution < 1.29 is 0 Å². The Hall–Kier alpha value is -0.530. The van der Waals surface area contributed by atoms with Crippen LogP contribution in [0.25, 0.3) is 0 Å². The number of nitrogens with zero attached hydrogens (tertiary/aromatic N) is 2. The first-order chi connectivity index (χ1) is 4.22. The van der Waals surface area contributed by atoms with Gasteiger partial charge in [0.1, 0.15) is 0 Å². The van der Waals surface area contributed by atoms with Crippen molar-refractivity contribution in [1.29, 1.82) is 0 Å². The molecule has 0 aromatic carbocycles. The number of aliphatic imine (C=N–C) groups is 1. The molecular formula is C7H16N2. The SMILES string of the molecule is CCN(C=NC)C(C)C. The van der Waals surface area contributed by atoms with Crippen molar-refractivity contribution in [3.05, 3.63) is 0 Å². The van der Waals surface area contributed by atoms with Gasteiger partial charge in [0.25, 0.3) is 0 Å². The molecule has 9 heavy (non-hydrogen) atoms. The van der Waals surface area contributed by atoms with Gasteiger partial charge in [-0.05, 0) is 20.8 Å². The van der Waals surface area contributed by atoms with Crippen molar-refractivity contribution in [3.8, 4) is 0 Å². The van der Waals surface area contributed by atoms with Gasteiger partial charge in [0.15, 0.2) is 0 Å². The van der Waals surface area contributed by atoms with E-state index in [1.54, 1.807) is 7.05 Å². The van der Waals surface area contributed by atoms with Crippen LogP contribution in [0.4, 0.5) is 0 Å². The molecule has 2 heteroatoms. The number of hydrogen-bond acceptors (Lipinski definition) is 1. The van der Waals surface area contributed by atoms with E-state index in [-0.39, 0.29) is 0 Å². The first kappa shape index (κ1) is 8.47. The molecule has 0 fully saturated rings. The van der Waals surface area contributed by atoms with Gasteiger partial charge < -0.3 is 4.90 Å². The average Bonchev–Trinajstić information content (AvgIpc) is 1.82. The van der Waals surface area contributed by atoms with Gasteiger partial charge in [0.2, 0.25) is 0 Å². The summed E-state index contributed by atoms with van der Waals surface area (Å²) in [7, 11) is 1.80. The third-order valence-corrected chi connectivity index (χ3v) is 1.29. The minimum atomic E-state index is 0.568. The molecule has 0 heterocycles. The highest BCUT2D eigenvalue weighted by Gasteiger charge is 1.98. The topological polar surface area (TPSA) is 15.6 Å². The fraction of sp³-hybridized carbons (Fsp3) is 0.857. The molecule has 0 aromatic heterocycles. The zero-order valence-electron chi connectivity index (χ0n) is 6.76. The van der Waals surface area contributed by atoms with Gasteiger partial charge in [-0.25, -0.2) is 0 Å². The molecule has 54 valence electrons. The lowest BCUT2D eigenvalue weighted by Crippen LogP contribution is -2.28. The Bertz CT molecular complexity index is 86.9. The molecular weight excluding hydrogens is 112 g/mol. The second-order valence-corrected chi connectivity index (χ2v) is 2.30. The lowest BCUT2D eigenvalue weighted by molar-refractivity contribution is 0.377. The van der Waals surface area contributed by atoms with Crippen LogP contribution in [0.5, 0.6) is 0 Å². The first-order valence-electron chi connectivity index (χ1n) is 3.40. The molecule has 0 spiro atoms. The van der Waals surface area contributed by atoms with E-state index in [1.165, 1.54) is 0 Å². The summed E-state index contributed by atoms with van der Waals surface area (Å²) in [5.74, 6) is 0. The van der Waals surface area contributed by atoms with Crippen molar-refractivity contribution in [1.82, 2.24) is 4.90 Å². The highest BCUT2D eigenvalue weighted by Crippen LogP contribution is 1.91. The van der Waals surface area contributed by atoms with Crippen LogP contribution in [0.3, 0.4) is 0 Å². The molecule has 0 bridgehead atoms. The Morgan fingerprint density at radius 1 is 1.56 bits per heavy atom. The highest BCUT2D eigenvalue weighted by molar-refractivity contribution is 5.54. The molecule has 0 rings (SSSR count). The zero-order chi connectivity index (χ0) is 7.28. The minimum absolute atomic E-state index is 0.568. The van der Waals surface area contributed by atoms with Crippen molar-refractivity contribution in [2.45, 2.75) is 26.8 Å². The smallest absolute Gasteiger partial charge is 0.0848 e. The van der Waals surface area contributed by atoms with E-state index in [9.17, 15) is 0 Å². The van der Waals surface area contributed by atoms with Crippen LogP contribution in [0.2, 0.25) is 0 Å². The Morgan fingerprint density at radius 2 is 2.11 bits per heavy atom. The summed E-state index contributed by atoms with van der Waals surface area (Å²) in [6.45, 7) is 7.48. The molecule has 0 aliphatic rings. The first-order valence-corrected chi connectivity index (χ1v) is 3.40. The maximum absolute atomic E-state index is 3.93. The van der Waals surface area contributed by atoms with Crippen LogP contribution in [-0.4, -0.2) is 30.9 Å². The normalized spacial score (nSPS) is 11.2. The molecule has 0 aliphatic heterocycles. The predicted octanol–water partition coefficient (Wildman–Crippen LogP) is 1.37. The monoisotopic (exact) mass is 128 g/mol. The van der Waals surface area contributed by atoms with Gasteiger partial charge in [-0.2, -0.15) is 0 Å². The summed E-state index contributed by atoms with van der Waals surface area (Å²) >= 11 is 0. The predicted molar refractivity (Wildman–Crippen MR) is 41.9 cm³/mol. The molecule has 0 aromatic rings. The van der Waals surface area contributed by atoms with Gasteiger partial charge in [0.05, 0.1) is 6.34 Å². The van der Waals surface area contributed by atoms with Gasteiger partial charge >= 0.3 is 0 Å². The fourth-order valence-corrected chi connectivity index (χ4v) is 0.728. The number of rotatable bonds is 3. The average molecular weight is 128 g/mol. The molecule has 0 saturated carbocycles. The zero-order valence-corrected chi connectivity index (χ0v) is 6.76. The van der Waals surface area contributed by atoms with Gasteiger partial charge in [-0.3, -0.25) is 4.99 Å². The Labute approximate surface area is 57.6 Å². The number of hydrogen-bond donors (Lipinski definition) is 0. The minimum Gasteiger partial charge on any atom is -0.361 e. The van der Waals surface area contributed by atoms with Gasteiger partial charge in [-0.15, -0.1) is 0 Å². The highest BCUT2D eigenvalue weighted by atomic mass is 15.2. The third-order valence-electron chi connectivity index (χ3n) is 1.29. The van der Waals surface area contributed by atoms with E-state index in [0.29, 0.717) is 6.04 Å². The third kappa shape index (κ3) is 3.12. The summed E-state index contributed by atoms with van der Waals surface area (Å²) in [5.41, 5.74) is 0. The fourth-order valence-electron chi connectivity index (χ4n) is 0.728. The van der Waals surface area contributed by atoms with Gasteiger partial charge in [0, 0.05) is 19.6 Å². The van der Waals surface area contributed by atoms with E-state index in [0.717, 1.165) is 6.54 Å². The second kappa shape index (κ2) is 4.36. The maximum Gasteiger partial charge on any atom is 0.0848 e. The van der Waals surface area contributed by atoms with Crippen molar-refractivity contribution in [2.75, 3.05) is 13.6 Å². The lowest BCUT2D eigenvalue weighted by Gasteiger charge is -2.21. The molecule has 0 unspecified atom stereocenters. The summed E-state index contributed by atoms with van der Waals surface area (Å²) in [6, 6.07) is 0.568. The van der Waals surface area contributed by atoms with Crippen molar-refractivity contribution in [2.24, 2.45) is 4.99 Å². The summed E-state index contributed by atoms with van der Waals surface area (Å²) < 4.78 is 0. The molecule has 0 aliphatic carbocycles. The second-order valence-electron chi connectivity index (χ2n) is 2.30. The van der Waals surface area contributed by atoms with E-state index >= 15 is 0 Å². The van der Waals surface area contributed by atoms with Crippen molar-refractivity contribution >= 4 is 6.34 Å². The van der Waals surface area contributed by atoms with Crippen LogP contribution in [0.15, 0.2) is 4.99 Å². The summed E-state index contributed by atoms with van der Waals surface area (Å²) in [6.07, 6.45) is 1.88. The van der Waals surface area contributed by atoms with Crippen LogP contribution in [-0.2, 0) is 0 Å². The summed E-state index contributed by atoms with van der Waals surface area (Å²) in [4.78, 5) is 6.11. The Morgan fingerprint density at radius 3 is 2.22 bits per heavy atom. The van der Waals surface area contributed by atoms with E-state index in [4.69, 9.17) is 0 Å². The molecule has 0 N–H and O–H groups in total. The molecule has 2 nitrogen and oxygen atoms in total. The largest absolute Gasteiger partial charge is 0.361 e. The molecule has 0 atom stereocenters. The standard InChI is InChI=1S/C7H16N2/c1-5-9(6-8-4)7(2)3/h6-7H,5H2,1-4H3. The quantitative estimate of drug-likeness (QED) is 0.414. The summed E-state index contributed by atoms with van der Waals surface area (Å²) in [5, 5.41) is 0. The molecule has 0 saturated heterocycles. The Balaban J connectivity index is 3.68. The Kier molecular flexibility index (Phi) is 4.10. The van der Waals surface area contributed by atoms with Crippen LogP contribution in [0.1, 0.15) is 20.8 Å². The molecule has 0 radical (unpaired) electrons. The lowest BCUT2D eigenvalue weighted by atomic mass is 10.3. The van der Waals surface area contributed by atoms with Gasteiger partial charge in [-0.1, -0.05) is 0 Å². The van der Waals surface area contributed by atoms with E-state index < -0.39 is 0 Å². The van der Waals surface area contributed by atoms with E-state index in [2.05, 4.69) is 30.7 Å².